The van der Waals surface area contributed by atoms with Crippen LogP contribution in [-0.4, -0.2) is 62.7 Å². The third-order valence-corrected chi connectivity index (χ3v) is 7.98. The number of aromatic nitrogens is 2. The molecule has 1 heterocycles. The first-order valence-corrected chi connectivity index (χ1v) is 17.3. The molecule has 0 unspecified atom stereocenters. The number of nitrogens with two attached hydrogens (primary N) is 2. The zero-order valence-electron chi connectivity index (χ0n) is 29.7. The molecule has 0 saturated heterocycles. The Hall–Kier alpha value is -6.47. The Morgan fingerprint density at radius 1 is 0.927 bits per heavy atom. The number of hydrazone groups is 1. The summed E-state index contributed by atoms with van der Waals surface area (Å²) in [7, 11) is 0. The van der Waals surface area contributed by atoms with E-state index in [1.807, 2.05) is 43.3 Å². The molecule has 0 radical (unpaired) electrons. The van der Waals surface area contributed by atoms with Gasteiger partial charge in [0.05, 0.1) is 13.2 Å². The highest BCUT2D eigenvalue weighted by molar-refractivity contribution is 6.32. The van der Waals surface area contributed by atoms with Gasteiger partial charge in [-0.25, -0.2) is 20.4 Å². The molecule has 0 fully saturated rings. The fourth-order valence-corrected chi connectivity index (χ4v) is 5.43. The summed E-state index contributed by atoms with van der Waals surface area (Å²) in [5.41, 5.74) is 9.75. The van der Waals surface area contributed by atoms with Gasteiger partial charge in [0.25, 0.3) is 10.2 Å². The molecule has 4 N–H and O–H groups in total. The van der Waals surface area contributed by atoms with Crippen LogP contribution < -0.4 is 16.3 Å². The molecule has 19 nitrogen and oxygen atoms in total. The number of unbranched alkanes of at least 4 members (excludes halogenated alkanes) is 2. The molecule has 1 aromatic heterocycles. The van der Waals surface area contributed by atoms with Crippen LogP contribution in [-0.2, 0) is 38.7 Å². The minimum absolute atomic E-state index is 0.0238. The number of hydrazine groups is 1. The quantitative estimate of drug-likeness (QED) is 0.0123. The van der Waals surface area contributed by atoms with Gasteiger partial charge < -0.3 is 34.2 Å². The van der Waals surface area contributed by atoms with E-state index < -0.39 is 29.0 Å². The smallest absolute Gasteiger partial charge is 0.461 e. The minimum Gasteiger partial charge on any atom is -0.461 e. The normalized spacial score (nSPS) is 11.1. The second-order valence-corrected chi connectivity index (χ2v) is 12.1. The molecule has 0 aliphatic heterocycles. The number of rotatable bonds is 21. The molecule has 0 amide bonds. The lowest BCUT2D eigenvalue weighted by Gasteiger charge is -2.16. The lowest BCUT2D eigenvalue weighted by atomic mass is 9.98. The average Bonchev–Trinajstić information content (AvgIpc) is 3.47. The zero-order valence-corrected chi connectivity index (χ0v) is 30.5. The van der Waals surface area contributed by atoms with E-state index in [0.717, 1.165) is 34.6 Å². The highest BCUT2D eigenvalue weighted by atomic mass is 35.5. The Balaban J connectivity index is 1.41. The number of amidine groups is 1. The number of imidazole rings is 1. The molecule has 4 aromatic rings. The van der Waals surface area contributed by atoms with Crippen LogP contribution in [0.15, 0.2) is 77.9 Å². The van der Waals surface area contributed by atoms with Crippen molar-refractivity contribution in [2.75, 3.05) is 19.9 Å². The highest BCUT2D eigenvalue weighted by Gasteiger charge is 2.24. The molecule has 20 heteroatoms. The van der Waals surface area contributed by atoms with Crippen molar-refractivity contribution in [3.8, 4) is 16.9 Å². The molecule has 4 rings (SSSR count). The predicted molar refractivity (Wildman–Crippen MR) is 196 cm³/mol. The monoisotopic (exact) mass is 782 g/mol. The summed E-state index contributed by atoms with van der Waals surface area (Å²) in [6, 6.07) is 20.7. The van der Waals surface area contributed by atoms with Crippen molar-refractivity contribution in [3.05, 3.63) is 126 Å². The van der Waals surface area contributed by atoms with Crippen LogP contribution in [0.2, 0.25) is 5.15 Å². The van der Waals surface area contributed by atoms with Gasteiger partial charge in [0.15, 0.2) is 23.4 Å². The van der Waals surface area contributed by atoms with Crippen LogP contribution >= 0.6 is 11.6 Å². The Bertz CT molecular complexity index is 1970. The fraction of sp³-hybridized carbons (Fsp3) is 0.314. The van der Waals surface area contributed by atoms with Crippen molar-refractivity contribution in [3.63, 3.8) is 0 Å². The summed E-state index contributed by atoms with van der Waals surface area (Å²) in [5.74, 6) is 6.02. The van der Waals surface area contributed by atoms with Gasteiger partial charge in [-0.15, -0.1) is 25.3 Å². The van der Waals surface area contributed by atoms with Crippen LogP contribution in [0.4, 0.5) is 4.79 Å². The van der Waals surface area contributed by atoms with Gasteiger partial charge in [0, 0.05) is 18.5 Å². The van der Waals surface area contributed by atoms with Gasteiger partial charge in [0.1, 0.15) is 18.2 Å². The van der Waals surface area contributed by atoms with E-state index in [0.29, 0.717) is 36.2 Å². The van der Waals surface area contributed by atoms with Gasteiger partial charge >= 0.3 is 12.1 Å². The molecule has 0 aliphatic carbocycles. The molecule has 0 spiro atoms. The topological polar surface area (TPSA) is 252 Å². The molecule has 0 aliphatic rings. The van der Waals surface area contributed by atoms with E-state index >= 15 is 0 Å². The molecule has 55 heavy (non-hydrogen) atoms. The van der Waals surface area contributed by atoms with E-state index in [1.165, 1.54) is 18.2 Å². The van der Waals surface area contributed by atoms with E-state index in [2.05, 4.69) is 19.8 Å². The van der Waals surface area contributed by atoms with Crippen molar-refractivity contribution < 1.29 is 43.6 Å². The number of carbonyl (C=O) groups excluding carboxylic acids is 2. The molecule has 3 aromatic carbocycles. The summed E-state index contributed by atoms with van der Waals surface area (Å²) >= 11 is 6.45. The lowest BCUT2D eigenvalue weighted by Crippen LogP contribution is -2.33. The number of aryl methyl sites for hydroxylation is 1. The fourth-order valence-electron chi connectivity index (χ4n) is 5.16. The largest absolute Gasteiger partial charge is 0.515 e. The molecule has 0 atom stereocenters. The standard InChI is InChI=1S/C35H39ClN8O11/c1-2-3-13-30-39-32(36)31(34(45)51-18-6-7-19-53-43(47)48)41(30)21-24-14-16-26(17-15-24)28-11-4-5-12-29(28)33(37)40-42(38)23-52-35(46)55-27-10-8-9-25(20-27)22-54-44(49)50/h4-5,8-12,14-17,20H,2-3,6-7,13,18-19,21-23,38H2,1H3,(H2,37,40). The van der Waals surface area contributed by atoms with Crippen LogP contribution in [0.25, 0.3) is 11.1 Å². The molecular formula is C35H39ClN8O11. The van der Waals surface area contributed by atoms with Crippen molar-refractivity contribution in [2.45, 2.75) is 52.2 Å². The number of halogens is 1. The molecule has 0 saturated carbocycles. The second kappa shape index (κ2) is 20.7. The summed E-state index contributed by atoms with van der Waals surface area (Å²) in [6.45, 7) is 1.39. The number of ether oxygens (including phenoxy) is 3. The summed E-state index contributed by atoms with van der Waals surface area (Å²) in [4.78, 5) is 59.2. The number of carbonyl (C=O) groups is 2. The second-order valence-electron chi connectivity index (χ2n) is 11.7. The number of esters is 1. The van der Waals surface area contributed by atoms with Crippen LogP contribution in [0.5, 0.6) is 5.75 Å². The Kier molecular flexibility index (Phi) is 15.5. The zero-order chi connectivity index (χ0) is 39.7. The summed E-state index contributed by atoms with van der Waals surface area (Å²) in [5, 5.41) is 23.9. The van der Waals surface area contributed by atoms with Crippen molar-refractivity contribution in [1.29, 1.82) is 0 Å². The molecule has 0 bridgehead atoms. The SMILES string of the molecule is CCCCc1nc(Cl)c(C(=O)OCCCCO[N+](=O)[O-])n1Cc1ccc(-c2ccccc2/C(N)=N/N(N)COC(=O)Oc2cccc(CO[N+](=O)[O-])c2)cc1. The van der Waals surface area contributed by atoms with Crippen LogP contribution in [0.3, 0.4) is 0 Å². The number of hydrogen-bond acceptors (Lipinski definition) is 15. The van der Waals surface area contributed by atoms with E-state index in [-0.39, 0.29) is 48.8 Å². The van der Waals surface area contributed by atoms with Crippen molar-refractivity contribution >= 4 is 29.6 Å². The number of nitrogens with zero attached hydrogens (tertiary/aromatic N) is 6. The van der Waals surface area contributed by atoms with Crippen molar-refractivity contribution in [1.82, 2.24) is 14.7 Å². The first kappa shape index (κ1) is 41.3. The minimum atomic E-state index is -1.10. The first-order chi connectivity index (χ1) is 26.4. The van der Waals surface area contributed by atoms with E-state index in [9.17, 15) is 29.8 Å². The predicted octanol–water partition coefficient (Wildman–Crippen LogP) is 5.42. The van der Waals surface area contributed by atoms with Gasteiger partial charge in [-0.1, -0.05) is 85.6 Å². The van der Waals surface area contributed by atoms with Crippen LogP contribution in [0, 0.1) is 20.2 Å². The molecular weight excluding hydrogens is 744 g/mol. The van der Waals surface area contributed by atoms with Gasteiger partial charge in [0.2, 0.25) is 0 Å². The van der Waals surface area contributed by atoms with Gasteiger partial charge in [-0.2, -0.15) is 5.12 Å². The Labute approximate surface area is 319 Å². The van der Waals surface area contributed by atoms with Gasteiger partial charge in [-0.05, 0) is 53.6 Å². The first-order valence-electron chi connectivity index (χ1n) is 16.9. The number of benzene rings is 3. The third-order valence-electron chi connectivity index (χ3n) is 7.72. The van der Waals surface area contributed by atoms with Crippen molar-refractivity contribution in [2.24, 2.45) is 16.7 Å². The Morgan fingerprint density at radius 2 is 1.65 bits per heavy atom. The maximum absolute atomic E-state index is 13.1. The highest BCUT2D eigenvalue weighted by Crippen LogP contribution is 2.26. The van der Waals surface area contributed by atoms with E-state index in [4.69, 9.17) is 37.4 Å². The van der Waals surface area contributed by atoms with E-state index in [1.54, 1.807) is 22.8 Å². The maximum Gasteiger partial charge on any atom is 0.515 e. The number of hydrogen-bond donors (Lipinski definition) is 2. The third kappa shape index (κ3) is 12.9. The lowest BCUT2D eigenvalue weighted by molar-refractivity contribution is -0.763. The molecule has 292 valence electrons. The maximum atomic E-state index is 13.1. The van der Waals surface area contributed by atoms with Gasteiger partial charge in [-0.3, -0.25) is 0 Å². The Morgan fingerprint density at radius 3 is 2.38 bits per heavy atom. The van der Waals surface area contributed by atoms with Crippen LogP contribution in [0.1, 0.15) is 65.6 Å². The summed E-state index contributed by atoms with van der Waals surface area (Å²) < 4.78 is 17.3. The average molecular weight is 783 g/mol. The summed E-state index contributed by atoms with van der Waals surface area (Å²) in [6.07, 6.45) is 1.91.